The van der Waals surface area contributed by atoms with Crippen molar-refractivity contribution in [2.75, 3.05) is 12.7 Å². The van der Waals surface area contributed by atoms with Crippen molar-refractivity contribution in [3.63, 3.8) is 0 Å². The molecule has 0 bridgehead atoms. The summed E-state index contributed by atoms with van der Waals surface area (Å²) in [6.45, 7) is 2.73. The van der Waals surface area contributed by atoms with Crippen LogP contribution in [0.4, 0.5) is 0 Å². The summed E-state index contributed by atoms with van der Waals surface area (Å²) in [5.41, 5.74) is 3.08. The number of ether oxygens (including phenoxy) is 2. The Hall–Kier alpha value is -1.95. The molecular formula is C18H17ClO2. The Morgan fingerprint density at radius 2 is 1.90 bits per heavy atom. The summed E-state index contributed by atoms with van der Waals surface area (Å²) in [5, 5.41) is 0. The summed E-state index contributed by atoms with van der Waals surface area (Å²) in [7, 11) is 0. The molecule has 2 aromatic carbocycles. The molecule has 2 rings (SSSR count). The van der Waals surface area contributed by atoms with E-state index < -0.39 is 0 Å². The Bertz CT molecular complexity index is 627. The van der Waals surface area contributed by atoms with Crippen LogP contribution in [0.2, 0.25) is 0 Å². The lowest BCUT2D eigenvalue weighted by Gasteiger charge is -2.09. The third-order valence-corrected chi connectivity index (χ3v) is 2.97. The van der Waals surface area contributed by atoms with Crippen LogP contribution in [-0.2, 0) is 11.3 Å². The van der Waals surface area contributed by atoms with Gasteiger partial charge < -0.3 is 9.47 Å². The zero-order valence-electron chi connectivity index (χ0n) is 11.9. The first-order valence-corrected chi connectivity index (χ1v) is 7.23. The molecule has 0 aliphatic rings. The lowest BCUT2D eigenvalue weighted by molar-refractivity contribution is 0.00489. The first-order chi connectivity index (χ1) is 10.3. The minimum absolute atomic E-state index is 0.188. The summed E-state index contributed by atoms with van der Waals surface area (Å²) >= 11 is 5.60. The van der Waals surface area contributed by atoms with E-state index in [4.69, 9.17) is 21.1 Å². The molecule has 0 N–H and O–H groups in total. The van der Waals surface area contributed by atoms with Crippen LogP contribution in [0.3, 0.4) is 0 Å². The first kappa shape index (κ1) is 15.4. The molecule has 0 amide bonds. The quantitative estimate of drug-likeness (QED) is 0.358. The molecule has 108 valence electrons. The molecule has 0 atom stereocenters. The Labute approximate surface area is 130 Å². The van der Waals surface area contributed by atoms with Crippen molar-refractivity contribution in [1.82, 2.24) is 0 Å². The van der Waals surface area contributed by atoms with Crippen LogP contribution in [0.15, 0.2) is 48.5 Å². The van der Waals surface area contributed by atoms with E-state index in [1.165, 1.54) is 0 Å². The standard InChI is InChI=1S/C18H17ClO2/c1-15-9-10-18(17(12-15)8-5-11-19)21-14-20-13-16-6-3-2-4-7-16/h2-4,6-7,9-10,12H,11,13-14H2,1H3. The van der Waals surface area contributed by atoms with Crippen molar-refractivity contribution in [1.29, 1.82) is 0 Å². The van der Waals surface area contributed by atoms with Gasteiger partial charge in [-0.3, -0.25) is 0 Å². The van der Waals surface area contributed by atoms with Gasteiger partial charge in [0.05, 0.1) is 18.1 Å². The summed E-state index contributed by atoms with van der Waals surface area (Å²) in [4.78, 5) is 0. The predicted octanol–water partition coefficient (Wildman–Crippen LogP) is 4.14. The van der Waals surface area contributed by atoms with Crippen LogP contribution in [0.1, 0.15) is 16.7 Å². The molecular weight excluding hydrogens is 284 g/mol. The zero-order valence-corrected chi connectivity index (χ0v) is 12.7. The molecule has 0 saturated heterocycles. The smallest absolute Gasteiger partial charge is 0.189 e. The first-order valence-electron chi connectivity index (χ1n) is 6.69. The maximum atomic E-state index is 5.64. The molecule has 0 heterocycles. The van der Waals surface area contributed by atoms with Crippen LogP contribution < -0.4 is 4.74 Å². The highest BCUT2D eigenvalue weighted by Crippen LogP contribution is 2.19. The monoisotopic (exact) mass is 300 g/mol. The van der Waals surface area contributed by atoms with E-state index >= 15 is 0 Å². The SMILES string of the molecule is Cc1ccc(OCOCc2ccccc2)c(C#CCCl)c1. The number of halogens is 1. The molecule has 0 spiro atoms. The number of hydrogen-bond acceptors (Lipinski definition) is 2. The summed E-state index contributed by atoms with van der Waals surface area (Å²) in [5.74, 6) is 6.86. The summed E-state index contributed by atoms with van der Waals surface area (Å²) < 4.78 is 11.2. The highest BCUT2D eigenvalue weighted by molar-refractivity contribution is 6.19. The number of hydrogen-bond donors (Lipinski definition) is 0. The molecule has 0 fully saturated rings. The summed E-state index contributed by atoms with van der Waals surface area (Å²) in [6, 6.07) is 15.9. The zero-order chi connectivity index (χ0) is 14.9. The van der Waals surface area contributed by atoms with Gasteiger partial charge in [-0.1, -0.05) is 48.2 Å². The van der Waals surface area contributed by atoms with Crippen LogP contribution >= 0.6 is 11.6 Å². The number of benzene rings is 2. The molecule has 21 heavy (non-hydrogen) atoms. The van der Waals surface area contributed by atoms with Crippen molar-refractivity contribution >= 4 is 11.6 Å². The lowest BCUT2D eigenvalue weighted by atomic mass is 10.1. The topological polar surface area (TPSA) is 18.5 Å². The van der Waals surface area contributed by atoms with E-state index in [0.29, 0.717) is 18.2 Å². The van der Waals surface area contributed by atoms with Gasteiger partial charge in [0.1, 0.15) is 5.75 Å². The Balaban J connectivity index is 1.91. The maximum absolute atomic E-state index is 5.64. The fourth-order valence-corrected chi connectivity index (χ4v) is 1.90. The van der Waals surface area contributed by atoms with E-state index in [1.54, 1.807) is 0 Å². The molecule has 0 radical (unpaired) electrons. The van der Waals surface area contributed by atoms with Gasteiger partial charge in [-0.2, -0.15) is 0 Å². The fraction of sp³-hybridized carbons (Fsp3) is 0.222. The fourth-order valence-electron chi connectivity index (χ4n) is 1.83. The van der Waals surface area contributed by atoms with Gasteiger partial charge in [-0.15, -0.1) is 11.6 Å². The third kappa shape index (κ3) is 5.15. The van der Waals surface area contributed by atoms with Crippen LogP contribution in [-0.4, -0.2) is 12.7 Å². The predicted molar refractivity (Wildman–Crippen MR) is 85.5 cm³/mol. The number of alkyl halides is 1. The van der Waals surface area contributed by atoms with E-state index in [-0.39, 0.29) is 6.79 Å². The minimum atomic E-state index is 0.188. The highest BCUT2D eigenvalue weighted by Gasteiger charge is 2.02. The van der Waals surface area contributed by atoms with Crippen molar-refractivity contribution in [3.05, 3.63) is 65.2 Å². The van der Waals surface area contributed by atoms with Gasteiger partial charge >= 0.3 is 0 Å². The second kappa shape index (κ2) is 8.36. The minimum Gasteiger partial charge on any atom is -0.466 e. The van der Waals surface area contributed by atoms with Crippen molar-refractivity contribution in [2.45, 2.75) is 13.5 Å². The Morgan fingerprint density at radius 3 is 2.67 bits per heavy atom. The van der Waals surface area contributed by atoms with Crippen LogP contribution in [0.25, 0.3) is 0 Å². The van der Waals surface area contributed by atoms with E-state index in [9.17, 15) is 0 Å². The Kier molecular flexibility index (Phi) is 6.15. The maximum Gasteiger partial charge on any atom is 0.189 e. The highest BCUT2D eigenvalue weighted by atomic mass is 35.5. The second-order valence-corrected chi connectivity index (χ2v) is 4.80. The van der Waals surface area contributed by atoms with Gasteiger partial charge in [0.2, 0.25) is 0 Å². The number of aryl methyl sites for hydroxylation is 1. The average molecular weight is 301 g/mol. The van der Waals surface area contributed by atoms with Gasteiger partial charge in [-0.05, 0) is 30.2 Å². The van der Waals surface area contributed by atoms with E-state index in [1.807, 2.05) is 55.5 Å². The van der Waals surface area contributed by atoms with E-state index in [0.717, 1.165) is 16.7 Å². The largest absolute Gasteiger partial charge is 0.466 e. The van der Waals surface area contributed by atoms with Crippen molar-refractivity contribution < 1.29 is 9.47 Å². The molecule has 0 saturated carbocycles. The molecule has 2 nitrogen and oxygen atoms in total. The normalized spacial score (nSPS) is 9.81. The molecule has 0 aliphatic heterocycles. The molecule has 0 unspecified atom stereocenters. The average Bonchev–Trinajstić information content (AvgIpc) is 2.52. The van der Waals surface area contributed by atoms with Crippen LogP contribution in [0.5, 0.6) is 5.75 Å². The van der Waals surface area contributed by atoms with Crippen LogP contribution in [0, 0.1) is 18.8 Å². The van der Waals surface area contributed by atoms with Gasteiger partial charge in [0, 0.05) is 0 Å². The molecule has 0 aliphatic carbocycles. The molecule has 3 heteroatoms. The number of rotatable bonds is 5. The van der Waals surface area contributed by atoms with Gasteiger partial charge in [0.15, 0.2) is 6.79 Å². The molecule has 0 aromatic heterocycles. The van der Waals surface area contributed by atoms with Gasteiger partial charge in [-0.25, -0.2) is 0 Å². The lowest BCUT2D eigenvalue weighted by Crippen LogP contribution is -2.04. The summed E-state index contributed by atoms with van der Waals surface area (Å²) in [6.07, 6.45) is 0. The third-order valence-electron chi connectivity index (χ3n) is 2.83. The van der Waals surface area contributed by atoms with Gasteiger partial charge in [0.25, 0.3) is 0 Å². The van der Waals surface area contributed by atoms with Crippen molar-refractivity contribution in [3.8, 4) is 17.6 Å². The Morgan fingerprint density at radius 1 is 1.10 bits per heavy atom. The van der Waals surface area contributed by atoms with E-state index in [2.05, 4.69) is 11.8 Å². The second-order valence-electron chi connectivity index (χ2n) is 4.53. The van der Waals surface area contributed by atoms with Crippen molar-refractivity contribution in [2.24, 2.45) is 0 Å². The molecule has 2 aromatic rings.